The first-order valence-electron chi connectivity index (χ1n) is 10.5. The number of carbonyl (C=O) groups excluding carboxylic acids is 1. The first kappa shape index (κ1) is 19.8. The van der Waals surface area contributed by atoms with Gasteiger partial charge in [-0.3, -0.25) is 19.7 Å². The third-order valence-corrected chi connectivity index (χ3v) is 6.28. The number of piperidine rings is 1. The molecule has 0 N–H and O–H groups in total. The average Bonchev–Trinajstić information content (AvgIpc) is 3.16. The van der Waals surface area contributed by atoms with Gasteiger partial charge in [0.15, 0.2) is 0 Å². The molecule has 0 saturated carbocycles. The summed E-state index contributed by atoms with van der Waals surface area (Å²) in [5, 5.41) is 0. The molecule has 1 aromatic heterocycles. The van der Waals surface area contributed by atoms with Crippen molar-refractivity contribution in [3.8, 4) is 5.75 Å². The Balaban J connectivity index is 1.32. The number of aryl methyl sites for hydroxylation is 1. The van der Waals surface area contributed by atoms with Crippen molar-refractivity contribution in [3.05, 3.63) is 54.1 Å². The van der Waals surface area contributed by atoms with Crippen molar-refractivity contribution in [2.45, 2.75) is 38.6 Å². The summed E-state index contributed by atoms with van der Waals surface area (Å²) in [5.74, 6) is 1.16. The van der Waals surface area contributed by atoms with Gasteiger partial charge in [-0.2, -0.15) is 0 Å². The molecule has 0 aliphatic carbocycles. The lowest BCUT2D eigenvalue weighted by atomic mass is 9.79. The smallest absolute Gasteiger partial charge is 0.222 e. The molecule has 6 nitrogen and oxygen atoms in total. The van der Waals surface area contributed by atoms with Gasteiger partial charge >= 0.3 is 0 Å². The van der Waals surface area contributed by atoms with Crippen molar-refractivity contribution in [1.29, 1.82) is 0 Å². The molecule has 2 saturated heterocycles. The van der Waals surface area contributed by atoms with E-state index in [1.54, 1.807) is 25.7 Å². The van der Waals surface area contributed by atoms with Gasteiger partial charge < -0.3 is 9.64 Å². The number of carbonyl (C=O) groups is 1. The molecular formula is C23H30N4O2. The van der Waals surface area contributed by atoms with Crippen LogP contribution in [0.3, 0.4) is 0 Å². The third kappa shape index (κ3) is 4.93. The van der Waals surface area contributed by atoms with Gasteiger partial charge in [-0.05, 0) is 49.9 Å². The van der Waals surface area contributed by atoms with Gasteiger partial charge in [0.05, 0.1) is 12.8 Å². The summed E-state index contributed by atoms with van der Waals surface area (Å²) in [5.41, 5.74) is 2.42. The highest BCUT2D eigenvalue weighted by molar-refractivity contribution is 5.76. The van der Waals surface area contributed by atoms with Gasteiger partial charge in [0.2, 0.25) is 5.91 Å². The molecule has 3 heterocycles. The van der Waals surface area contributed by atoms with Crippen LogP contribution in [0.5, 0.6) is 5.75 Å². The largest absolute Gasteiger partial charge is 0.497 e. The van der Waals surface area contributed by atoms with Crippen LogP contribution in [0.1, 0.15) is 36.9 Å². The van der Waals surface area contributed by atoms with E-state index in [9.17, 15) is 4.79 Å². The second-order valence-electron chi connectivity index (χ2n) is 8.43. The second kappa shape index (κ2) is 8.91. The zero-order valence-electron chi connectivity index (χ0n) is 17.2. The minimum atomic E-state index is 0.248. The summed E-state index contributed by atoms with van der Waals surface area (Å²) in [6, 6.07) is 8.34. The van der Waals surface area contributed by atoms with Crippen LogP contribution in [0.2, 0.25) is 0 Å². The van der Waals surface area contributed by atoms with Gasteiger partial charge in [0.25, 0.3) is 0 Å². The highest BCUT2D eigenvalue weighted by Crippen LogP contribution is 2.39. The molecule has 6 heteroatoms. The molecule has 154 valence electrons. The minimum absolute atomic E-state index is 0.248. The first-order chi connectivity index (χ1) is 14.2. The minimum Gasteiger partial charge on any atom is -0.497 e. The maximum Gasteiger partial charge on any atom is 0.222 e. The lowest BCUT2D eigenvalue weighted by Gasteiger charge is -2.40. The van der Waals surface area contributed by atoms with Crippen LogP contribution in [-0.2, 0) is 17.8 Å². The number of benzene rings is 1. The van der Waals surface area contributed by atoms with Crippen molar-refractivity contribution in [2.75, 3.05) is 33.3 Å². The maximum atomic E-state index is 12.7. The first-order valence-corrected chi connectivity index (χ1v) is 10.5. The molecule has 1 spiro atoms. The van der Waals surface area contributed by atoms with E-state index in [1.807, 2.05) is 6.07 Å². The Kier molecular flexibility index (Phi) is 6.09. The van der Waals surface area contributed by atoms with Gasteiger partial charge in [0.1, 0.15) is 5.75 Å². The lowest BCUT2D eigenvalue weighted by Crippen LogP contribution is -2.45. The molecule has 1 amide bonds. The number of amides is 1. The Morgan fingerprint density at radius 3 is 2.97 bits per heavy atom. The van der Waals surface area contributed by atoms with E-state index in [2.05, 4.69) is 38.0 Å². The number of aromatic nitrogens is 2. The molecular weight excluding hydrogens is 364 g/mol. The number of methoxy groups -OCH3 is 1. The molecule has 2 aromatic rings. The van der Waals surface area contributed by atoms with E-state index in [0.717, 1.165) is 50.6 Å². The summed E-state index contributed by atoms with van der Waals surface area (Å²) < 4.78 is 5.36. The van der Waals surface area contributed by atoms with Gasteiger partial charge in [-0.25, -0.2) is 0 Å². The van der Waals surface area contributed by atoms with Gasteiger partial charge in [-0.1, -0.05) is 12.1 Å². The highest BCUT2D eigenvalue weighted by Gasteiger charge is 2.42. The summed E-state index contributed by atoms with van der Waals surface area (Å²) in [6.07, 6.45) is 9.80. The van der Waals surface area contributed by atoms with Crippen molar-refractivity contribution < 1.29 is 9.53 Å². The fourth-order valence-corrected chi connectivity index (χ4v) is 4.81. The summed E-state index contributed by atoms with van der Waals surface area (Å²) >= 11 is 0. The van der Waals surface area contributed by atoms with E-state index >= 15 is 0 Å². The van der Waals surface area contributed by atoms with E-state index < -0.39 is 0 Å². The van der Waals surface area contributed by atoms with Gasteiger partial charge in [-0.15, -0.1) is 0 Å². The van der Waals surface area contributed by atoms with Gasteiger partial charge in [0, 0.05) is 56.6 Å². The molecule has 4 rings (SSSR count). The van der Waals surface area contributed by atoms with Crippen LogP contribution in [0, 0.1) is 5.41 Å². The van der Waals surface area contributed by atoms with Crippen molar-refractivity contribution in [1.82, 2.24) is 19.8 Å². The monoisotopic (exact) mass is 394 g/mol. The number of hydrogen-bond acceptors (Lipinski definition) is 5. The zero-order chi connectivity index (χ0) is 20.1. The normalized spacial score (nSPS) is 22.2. The second-order valence-corrected chi connectivity index (χ2v) is 8.43. The maximum absolute atomic E-state index is 12.7. The van der Waals surface area contributed by atoms with E-state index in [-0.39, 0.29) is 11.3 Å². The molecule has 1 aromatic carbocycles. The number of ether oxygens (including phenoxy) is 1. The quantitative estimate of drug-likeness (QED) is 0.754. The van der Waals surface area contributed by atoms with Crippen molar-refractivity contribution in [3.63, 3.8) is 0 Å². The van der Waals surface area contributed by atoms with E-state index in [1.165, 1.54) is 18.4 Å². The molecule has 0 bridgehead atoms. The van der Waals surface area contributed by atoms with Crippen molar-refractivity contribution in [2.24, 2.45) is 5.41 Å². The predicted octanol–water partition coefficient (Wildman–Crippen LogP) is 2.93. The van der Waals surface area contributed by atoms with E-state index in [0.29, 0.717) is 12.8 Å². The summed E-state index contributed by atoms with van der Waals surface area (Å²) in [6.45, 7) is 4.91. The Bertz CT molecular complexity index is 829. The SMILES string of the molecule is COc1cccc(CN2CCC[C@]3(CCN(C(=O)CCc4cnccn4)C3)C2)c1. The van der Waals surface area contributed by atoms with Crippen LogP contribution in [0.25, 0.3) is 0 Å². The molecule has 1 atom stereocenters. The fourth-order valence-electron chi connectivity index (χ4n) is 4.81. The molecule has 2 aliphatic heterocycles. The standard InChI is InChI=1S/C23H30N4O2/c1-29-21-5-2-4-19(14-21)16-26-12-3-8-23(17-26)9-13-27(18-23)22(28)7-6-20-15-24-10-11-25-20/h2,4-5,10-11,14-15H,3,6-9,12-13,16-18H2,1H3/t23-/m0/s1. The Hall–Kier alpha value is -2.47. The number of hydrogen-bond donors (Lipinski definition) is 0. The van der Waals surface area contributed by atoms with Crippen LogP contribution in [0.15, 0.2) is 42.9 Å². The van der Waals surface area contributed by atoms with Crippen molar-refractivity contribution >= 4 is 5.91 Å². The number of nitrogens with zero attached hydrogens (tertiary/aromatic N) is 4. The van der Waals surface area contributed by atoms with Crippen LogP contribution in [0.4, 0.5) is 0 Å². The summed E-state index contributed by atoms with van der Waals surface area (Å²) in [4.78, 5) is 25.7. The van der Waals surface area contributed by atoms with Crippen LogP contribution >= 0.6 is 0 Å². The number of likely N-dealkylation sites (tertiary alicyclic amines) is 2. The number of rotatable bonds is 6. The lowest BCUT2D eigenvalue weighted by molar-refractivity contribution is -0.130. The highest BCUT2D eigenvalue weighted by atomic mass is 16.5. The molecule has 0 radical (unpaired) electrons. The molecule has 2 aliphatic rings. The average molecular weight is 395 g/mol. The van der Waals surface area contributed by atoms with Crippen LogP contribution < -0.4 is 4.74 Å². The Labute approximate surface area is 172 Å². The third-order valence-electron chi connectivity index (χ3n) is 6.28. The molecule has 2 fully saturated rings. The molecule has 29 heavy (non-hydrogen) atoms. The van der Waals surface area contributed by atoms with Crippen LogP contribution in [-0.4, -0.2) is 59.0 Å². The Morgan fingerprint density at radius 1 is 1.21 bits per heavy atom. The predicted molar refractivity (Wildman–Crippen MR) is 111 cm³/mol. The topological polar surface area (TPSA) is 58.6 Å². The summed E-state index contributed by atoms with van der Waals surface area (Å²) in [7, 11) is 1.71. The molecule has 0 unspecified atom stereocenters. The fraction of sp³-hybridized carbons (Fsp3) is 0.522. The Morgan fingerprint density at radius 2 is 2.14 bits per heavy atom. The van der Waals surface area contributed by atoms with E-state index in [4.69, 9.17) is 4.74 Å². The zero-order valence-corrected chi connectivity index (χ0v) is 17.2.